The Bertz CT molecular complexity index is 431. The minimum absolute atomic E-state index is 0.138. The minimum Gasteiger partial charge on any atom is -0.497 e. The van der Waals surface area contributed by atoms with E-state index in [1.54, 1.807) is 12.0 Å². The van der Waals surface area contributed by atoms with E-state index in [0.717, 1.165) is 25.1 Å². The number of amides is 1. The van der Waals surface area contributed by atoms with Crippen molar-refractivity contribution in [3.63, 3.8) is 0 Å². The molecule has 1 rings (SSSR count). The Morgan fingerprint density at radius 2 is 1.90 bits per heavy atom. The molecule has 0 heterocycles. The Morgan fingerprint density at radius 1 is 1.29 bits per heavy atom. The molecule has 0 aliphatic heterocycles. The molecule has 1 aromatic carbocycles. The van der Waals surface area contributed by atoms with Crippen LogP contribution < -0.4 is 10.1 Å². The van der Waals surface area contributed by atoms with Crippen LogP contribution in [0.4, 0.5) is 0 Å². The Kier molecular flexibility index (Phi) is 7.23. The first-order valence-corrected chi connectivity index (χ1v) is 7.61. The van der Waals surface area contributed by atoms with Gasteiger partial charge in [0.25, 0.3) is 0 Å². The van der Waals surface area contributed by atoms with E-state index in [9.17, 15) is 4.79 Å². The Hall–Kier alpha value is -1.55. The molecule has 0 aliphatic carbocycles. The van der Waals surface area contributed by atoms with Crippen molar-refractivity contribution in [2.45, 2.75) is 45.7 Å². The standard InChI is InChI=1S/C17H28N2O2/c1-6-19(4)17(20)14(3)18-13(2)7-8-15-9-11-16(21-5)12-10-15/h9-14,18H,6-8H2,1-5H3. The van der Waals surface area contributed by atoms with Gasteiger partial charge in [-0.15, -0.1) is 0 Å². The van der Waals surface area contributed by atoms with Crippen molar-refractivity contribution >= 4 is 5.91 Å². The highest BCUT2D eigenvalue weighted by Crippen LogP contribution is 2.13. The van der Waals surface area contributed by atoms with Gasteiger partial charge in [0.1, 0.15) is 5.75 Å². The van der Waals surface area contributed by atoms with Gasteiger partial charge >= 0.3 is 0 Å². The van der Waals surface area contributed by atoms with Crippen LogP contribution in [0.15, 0.2) is 24.3 Å². The third-order valence-electron chi connectivity index (χ3n) is 3.78. The predicted molar refractivity (Wildman–Crippen MR) is 86.7 cm³/mol. The van der Waals surface area contributed by atoms with E-state index in [0.29, 0.717) is 6.04 Å². The van der Waals surface area contributed by atoms with Crippen molar-refractivity contribution in [3.05, 3.63) is 29.8 Å². The lowest BCUT2D eigenvalue weighted by atomic mass is 10.1. The summed E-state index contributed by atoms with van der Waals surface area (Å²) in [6, 6.07) is 8.30. The summed E-state index contributed by atoms with van der Waals surface area (Å²) < 4.78 is 5.15. The average Bonchev–Trinajstić information content (AvgIpc) is 2.51. The molecule has 0 saturated carbocycles. The van der Waals surface area contributed by atoms with Crippen LogP contribution >= 0.6 is 0 Å². The van der Waals surface area contributed by atoms with E-state index >= 15 is 0 Å². The molecule has 4 heteroatoms. The first-order valence-electron chi connectivity index (χ1n) is 7.61. The molecule has 0 aliphatic rings. The Balaban J connectivity index is 2.39. The monoisotopic (exact) mass is 292 g/mol. The van der Waals surface area contributed by atoms with E-state index < -0.39 is 0 Å². The van der Waals surface area contributed by atoms with Crippen molar-refractivity contribution < 1.29 is 9.53 Å². The molecule has 1 aromatic rings. The molecule has 21 heavy (non-hydrogen) atoms. The number of aryl methyl sites for hydroxylation is 1. The second-order valence-corrected chi connectivity index (χ2v) is 5.53. The molecule has 0 spiro atoms. The average molecular weight is 292 g/mol. The van der Waals surface area contributed by atoms with Crippen LogP contribution in [0.2, 0.25) is 0 Å². The fourth-order valence-electron chi connectivity index (χ4n) is 2.24. The van der Waals surface area contributed by atoms with Gasteiger partial charge in [-0.3, -0.25) is 4.79 Å². The van der Waals surface area contributed by atoms with Crippen molar-refractivity contribution in [1.82, 2.24) is 10.2 Å². The minimum atomic E-state index is -0.138. The zero-order chi connectivity index (χ0) is 15.8. The second kappa shape index (κ2) is 8.67. The molecule has 0 fully saturated rings. The summed E-state index contributed by atoms with van der Waals surface area (Å²) in [6.07, 6.45) is 1.99. The molecule has 1 N–H and O–H groups in total. The van der Waals surface area contributed by atoms with E-state index in [-0.39, 0.29) is 11.9 Å². The van der Waals surface area contributed by atoms with Gasteiger partial charge < -0.3 is 15.0 Å². The number of methoxy groups -OCH3 is 1. The predicted octanol–water partition coefficient (Wildman–Crippen LogP) is 2.47. The molecular formula is C17H28N2O2. The number of ether oxygens (including phenoxy) is 1. The highest BCUT2D eigenvalue weighted by molar-refractivity contribution is 5.81. The van der Waals surface area contributed by atoms with Crippen LogP contribution in [-0.4, -0.2) is 43.6 Å². The first kappa shape index (κ1) is 17.5. The highest BCUT2D eigenvalue weighted by Gasteiger charge is 2.17. The molecule has 0 aromatic heterocycles. The molecule has 118 valence electrons. The van der Waals surface area contributed by atoms with Crippen LogP contribution in [0.1, 0.15) is 32.8 Å². The summed E-state index contributed by atoms with van der Waals surface area (Å²) in [5, 5.41) is 3.37. The zero-order valence-electron chi connectivity index (χ0n) is 13.8. The number of nitrogens with zero attached hydrogens (tertiary/aromatic N) is 1. The lowest BCUT2D eigenvalue weighted by molar-refractivity contribution is -0.131. The Morgan fingerprint density at radius 3 is 2.43 bits per heavy atom. The number of nitrogens with one attached hydrogen (secondary N) is 1. The number of rotatable bonds is 8. The molecule has 0 bridgehead atoms. The summed E-state index contributed by atoms with van der Waals surface area (Å²) in [7, 11) is 3.51. The van der Waals surface area contributed by atoms with Crippen LogP contribution in [0.5, 0.6) is 5.75 Å². The molecule has 1 amide bonds. The molecule has 4 nitrogen and oxygen atoms in total. The lowest BCUT2D eigenvalue weighted by Gasteiger charge is -2.24. The van der Waals surface area contributed by atoms with Crippen LogP contribution in [0, 0.1) is 0 Å². The largest absolute Gasteiger partial charge is 0.497 e. The maximum Gasteiger partial charge on any atom is 0.239 e. The topological polar surface area (TPSA) is 41.6 Å². The number of carbonyl (C=O) groups excluding carboxylic acids is 1. The van der Waals surface area contributed by atoms with Crippen molar-refractivity contribution in [2.24, 2.45) is 0 Å². The summed E-state index contributed by atoms with van der Waals surface area (Å²) >= 11 is 0. The Labute approximate surface area is 128 Å². The number of carbonyl (C=O) groups is 1. The van der Waals surface area contributed by atoms with Crippen molar-refractivity contribution in [2.75, 3.05) is 20.7 Å². The summed E-state index contributed by atoms with van der Waals surface area (Å²) in [5.74, 6) is 1.03. The number of hydrogen-bond donors (Lipinski definition) is 1. The van der Waals surface area contributed by atoms with Gasteiger partial charge in [-0.1, -0.05) is 12.1 Å². The van der Waals surface area contributed by atoms with Crippen molar-refractivity contribution in [1.29, 1.82) is 0 Å². The first-order chi connectivity index (χ1) is 9.97. The zero-order valence-corrected chi connectivity index (χ0v) is 13.8. The van der Waals surface area contributed by atoms with Gasteiger partial charge in [-0.25, -0.2) is 0 Å². The van der Waals surface area contributed by atoms with Gasteiger partial charge in [0.2, 0.25) is 5.91 Å². The van der Waals surface area contributed by atoms with E-state index in [1.807, 2.05) is 33.0 Å². The highest BCUT2D eigenvalue weighted by atomic mass is 16.5. The SMILES string of the molecule is CCN(C)C(=O)C(C)NC(C)CCc1ccc(OC)cc1. The summed E-state index contributed by atoms with van der Waals surface area (Å²) in [4.78, 5) is 13.7. The summed E-state index contributed by atoms with van der Waals surface area (Å²) in [5.41, 5.74) is 1.29. The van der Waals surface area contributed by atoms with E-state index in [1.165, 1.54) is 5.56 Å². The van der Waals surface area contributed by atoms with E-state index in [2.05, 4.69) is 24.4 Å². The van der Waals surface area contributed by atoms with Crippen molar-refractivity contribution in [3.8, 4) is 5.75 Å². The van der Waals surface area contributed by atoms with E-state index in [4.69, 9.17) is 4.74 Å². The van der Waals surface area contributed by atoms with Gasteiger partial charge in [0.05, 0.1) is 13.2 Å². The van der Waals surface area contributed by atoms with Gasteiger partial charge in [0.15, 0.2) is 0 Å². The quantitative estimate of drug-likeness (QED) is 0.800. The molecule has 2 atom stereocenters. The third kappa shape index (κ3) is 5.76. The summed E-state index contributed by atoms with van der Waals surface area (Å²) in [6.45, 7) is 6.78. The maximum absolute atomic E-state index is 12.0. The number of benzene rings is 1. The molecule has 0 radical (unpaired) electrons. The number of hydrogen-bond acceptors (Lipinski definition) is 3. The van der Waals surface area contributed by atoms with Gasteiger partial charge in [0, 0.05) is 19.6 Å². The van der Waals surface area contributed by atoms with Crippen LogP contribution in [0.25, 0.3) is 0 Å². The van der Waals surface area contributed by atoms with Gasteiger partial charge in [-0.2, -0.15) is 0 Å². The maximum atomic E-state index is 12.0. The molecule has 2 unspecified atom stereocenters. The molecular weight excluding hydrogens is 264 g/mol. The third-order valence-corrected chi connectivity index (χ3v) is 3.78. The second-order valence-electron chi connectivity index (χ2n) is 5.53. The lowest BCUT2D eigenvalue weighted by Crippen LogP contribution is -2.46. The van der Waals surface area contributed by atoms with Crippen LogP contribution in [-0.2, 0) is 11.2 Å². The van der Waals surface area contributed by atoms with Crippen LogP contribution in [0.3, 0.4) is 0 Å². The fraction of sp³-hybridized carbons (Fsp3) is 0.588. The molecule has 0 saturated heterocycles. The number of likely N-dealkylation sites (N-methyl/N-ethyl adjacent to an activating group) is 1. The van der Waals surface area contributed by atoms with Gasteiger partial charge in [-0.05, 0) is 51.3 Å². The normalized spacial score (nSPS) is 13.6. The fourth-order valence-corrected chi connectivity index (χ4v) is 2.24. The smallest absolute Gasteiger partial charge is 0.239 e.